The van der Waals surface area contributed by atoms with E-state index in [1.807, 2.05) is 24.3 Å². The molecule has 0 aromatic heterocycles. The van der Waals surface area contributed by atoms with E-state index in [9.17, 15) is 9.59 Å². The fraction of sp³-hybridized carbons (Fsp3) is 0.222. The number of carbonyl (C=O) groups excluding carboxylic acids is 2. The fourth-order valence-electron chi connectivity index (χ4n) is 2.52. The van der Waals surface area contributed by atoms with Gasteiger partial charge in [-0.3, -0.25) is 9.59 Å². The number of Topliss-reactive ketones (excluding diaryl/α,β-unsaturated/α-hetero) is 2. The molecule has 0 aliphatic heterocycles. The van der Waals surface area contributed by atoms with Crippen molar-refractivity contribution < 1.29 is 9.59 Å². The SMILES string of the molecule is CC(C)(C)Sc1ccc2c(c1)-c1ccccc1C(=O)C2=O. The van der Waals surface area contributed by atoms with Crippen molar-refractivity contribution in [2.45, 2.75) is 30.4 Å². The molecule has 0 atom stereocenters. The largest absolute Gasteiger partial charge is 0.285 e. The van der Waals surface area contributed by atoms with Gasteiger partial charge in [0.05, 0.1) is 0 Å². The molecule has 0 saturated carbocycles. The molecule has 0 amide bonds. The molecule has 0 spiro atoms. The number of hydrogen-bond acceptors (Lipinski definition) is 3. The summed E-state index contributed by atoms with van der Waals surface area (Å²) in [6, 6.07) is 13.0. The summed E-state index contributed by atoms with van der Waals surface area (Å²) in [7, 11) is 0. The highest BCUT2D eigenvalue weighted by Crippen LogP contribution is 2.38. The minimum Gasteiger partial charge on any atom is -0.285 e. The second-order valence-corrected chi connectivity index (χ2v) is 8.03. The van der Waals surface area contributed by atoms with Crippen molar-refractivity contribution in [2.24, 2.45) is 0 Å². The topological polar surface area (TPSA) is 34.1 Å². The van der Waals surface area contributed by atoms with E-state index in [0.29, 0.717) is 11.1 Å². The smallest absolute Gasteiger partial charge is 0.234 e. The lowest BCUT2D eigenvalue weighted by Gasteiger charge is -2.21. The predicted octanol–water partition coefficient (Wildman–Crippen LogP) is 4.62. The Hall–Kier alpha value is -1.87. The van der Waals surface area contributed by atoms with Gasteiger partial charge in [0.2, 0.25) is 11.6 Å². The van der Waals surface area contributed by atoms with Gasteiger partial charge in [-0.2, -0.15) is 0 Å². The van der Waals surface area contributed by atoms with E-state index in [-0.39, 0.29) is 4.75 Å². The summed E-state index contributed by atoms with van der Waals surface area (Å²) in [4.78, 5) is 25.5. The summed E-state index contributed by atoms with van der Waals surface area (Å²) in [5, 5.41) is 0. The Bertz CT molecular complexity index is 754. The number of benzene rings is 2. The number of fused-ring (bicyclic) bond motifs is 3. The van der Waals surface area contributed by atoms with E-state index in [4.69, 9.17) is 0 Å². The Morgan fingerprint density at radius 3 is 1.95 bits per heavy atom. The van der Waals surface area contributed by atoms with Crippen LogP contribution in [0, 0.1) is 0 Å². The molecule has 2 aromatic carbocycles. The molecule has 21 heavy (non-hydrogen) atoms. The molecular formula is C18H16O2S. The Labute approximate surface area is 128 Å². The summed E-state index contributed by atoms with van der Waals surface area (Å²) in [5.74, 6) is -0.815. The van der Waals surface area contributed by atoms with Gasteiger partial charge >= 0.3 is 0 Å². The number of carbonyl (C=O) groups is 2. The van der Waals surface area contributed by atoms with Gasteiger partial charge in [0.25, 0.3) is 0 Å². The first-order chi connectivity index (χ1) is 9.87. The zero-order valence-electron chi connectivity index (χ0n) is 12.3. The third-order valence-electron chi connectivity index (χ3n) is 3.33. The molecule has 0 unspecified atom stereocenters. The van der Waals surface area contributed by atoms with E-state index >= 15 is 0 Å². The quantitative estimate of drug-likeness (QED) is 0.568. The van der Waals surface area contributed by atoms with Crippen LogP contribution in [0.15, 0.2) is 47.4 Å². The third kappa shape index (κ3) is 2.54. The Morgan fingerprint density at radius 2 is 1.33 bits per heavy atom. The average molecular weight is 296 g/mol. The molecule has 3 rings (SSSR count). The van der Waals surface area contributed by atoms with Crippen molar-refractivity contribution in [3.05, 3.63) is 53.6 Å². The van der Waals surface area contributed by atoms with Gasteiger partial charge < -0.3 is 0 Å². The lowest BCUT2D eigenvalue weighted by atomic mass is 9.84. The van der Waals surface area contributed by atoms with Crippen molar-refractivity contribution in [3.63, 3.8) is 0 Å². The molecule has 0 bridgehead atoms. The lowest BCUT2D eigenvalue weighted by molar-refractivity contribution is 0.0815. The van der Waals surface area contributed by atoms with Gasteiger partial charge in [0, 0.05) is 20.8 Å². The molecule has 2 aromatic rings. The first-order valence-corrected chi connectivity index (χ1v) is 7.70. The van der Waals surface area contributed by atoms with Crippen molar-refractivity contribution in [3.8, 4) is 11.1 Å². The van der Waals surface area contributed by atoms with E-state index in [0.717, 1.165) is 16.0 Å². The maximum Gasteiger partial charge on any atom is 0.234 e. The van der Waals surface area contributed by atoms with Crippen LogP contribution < -0.4 is 0 Å². The van der Waals surface area contributed by atoms with E-state index in [2.05, 4.69) is 20.8 Å². The highest BCUT2D eigenvalue weighted by atomic mass is 32.2. The van der Waals surface area contributed by atoms with Crippen LogP contribution in [0.2, 0.25) is 0 Å². The normalized spacial score (nSPS) is 13.9. The molecular weight excluding hydrogens is 280 g/mol. The summed E-state index contributed by atoms with van der Waals surface area (Å²) in [5.41, 5.74) is 2.74. The molecule has 1 aliphatic rings. The van der Waals surface area contributed by atoms with Gasteiger partial charge in [0.1, 0.15) is 0 Å². The van der Waals surface area contributed by atoms with Crippen LogP contribution in [0.25, 0.3) is 11.1 Å². The maximum absolute atomic E-state index is 12.2. The lowest BCUT2D eigenvalue weighted by Crippen LogP contribution is -2.21. The number of hydrogen-bond donors (Lipinski definition) is 0. The molecule has 2 nitrogen and oxygen atoms in total. The highest BCUT2D eigenvalue weighted by molar-refractivity contribution is 8.00. The average Bonchev–Trinajstić information content (AvgIpc) is 2.43. The van der Waals surface area contributed by atoms with Crippen LogP contribution in [-0.2, 0) is 0 Å². The van der Waals surface area contributed by atoms with Crippen molar-refractivity contribution >= 4 is 23.3 Å². The van der Waals surface area contributed by atoms with Crippen molar-refractivity contribution in [2.75, 3.05) is 0 Å². The molecule has 0 heterocycles. The van der Waals surface area contributed by atoms with E-state index < -0.39 is 11.6 Å². The van der Waals surface area contributed by atoms with Gasteiger partial charge in [-0.05, 0) is 29.3 Å². The molecule has 0 fully saturated rings. The van der Waals surface area contributed by atoms with Gasteiger partial charge in [-0.15, -0.1) is 11.8 Å². The third-order valence-corrected chi connectivity index (χ3v) is 4.43. The number of ketones is 2. The molecule has 0 N–H and O–H groups in total. The number of rotatable bonds is 1. The summed E-state index contributed by atoms with van der Waals surface area (Å²) in [6.07, 6.45) is 0. The summed E-state index contributed by atoms with van der Waals surface area (Å²) in [6.45, 7) is 6.46. The zero-order valence-corrected chi connectivity index (χ0v) is 13.1. The Morgan fingerprint density at radius 1 is 0.762 bits per heavy atom. The number of thioether (sulfide) groups is 1. The molecule has 0 radical (unpaired) electrons. The molecule has 106 valence electrons. The van der Waals surface area contributed by atoms with Gasteiger partial charge in [0.15, 0.2) is 0 Å². The zero-order chi connectivity index (χ0) is 15.2. The van der Waals surface area contributed by atoms with E-state index in [1.165, 1.54) is 0 Å². The first-order valence-electron chi connectivity index (χ1n) is 6.88. The van der Waals surface area contributed by atoms with Crippen LogP contribution in [0.5, 0.6) is 0 Å². The first kappa shape index (κ1) is 14.1. The van der Waals surface area contributed by atoms with Gasteiger partial charge in [-0.25, -0.2) is 0 Å². The monoisotopic (exact) mass is 296 g/mol. The Kier molecular flexibility index (Phi) is 3.25. The molecule has 1 aliphatic carbocycles. The van der Waals surface area contributed by atoms with Crippen molar-refractivity contribution in [1.82, 2.24) is 0 Å². The second kappa shape index (κ2) is 4.85. The predicted molar refractivity (Wildman–Crippen MR) is 86.1 cm³/mol. The van der Waals surface area contributed by atoms with Crippen molar-refractivity contribution in [1.29, 1.82) is 0 Å². The summed E-state index contributed by atoms with van der Waals surface area (Å²) < 4.78 is 0.0995. The second-order valence-electron chi connectivity index (χ2n) is 6.13. The van der Waals surface area contributed by atoms with Crippen LogP contribution in [0.1, 0.15) is 41.5 Å². The Balaban J connectivity index is 2.18. The van der Waals surface area contributed by atoms with Crippen LogP contribution in [-0.4, -0.2) is 16.3 Å². The van der Waals surface area contributed by atoms with Crippen LogP contribution in [0.3, 0.4) is 0 Å². The molecule has 3 heteroatoms. The highest BCUT2D eigenvalue weighted by Gasteiger charge is 2.30. The minimum absolute atomic E-state index is 0.0995. The van der Waals surface area contributed by atoms with Gasteiger partial charge in [-0.1, -0.05) is 45.0 Å². The summed E-state index contributed by atoms with van der Waals surface area (Å²) >= 11 is 1.75. The fourth-order valence-corrected chi connectivity index (χ4v) is 3.54. The van der Waals surface area contributed by atoms with E-state index in [1.54, 1.807) is 30.0 Å². The maximum atomic E-state index is 12.2. The standard InChI is InChI=1S/C18H16O2S/c1-18(2,3)21-11-8-9-14-15(10-11)12-6-4-5-7-13(12)16(19)17(14)20/h4-10H,1-3H3. The molecule has 0 saturated heterocycles. The minimum atomic E-state index is -0.408. The van der Waals surface area contributed by atoms with Crippen LogP contribution >= 0.6 is 11.8 Å². The van der Waals surface area contributed by atoms with Crippen LogP contribution in [0.4, 0.5) is 0 Å².